The van der Waals surface area contributed by atoms with Crippen LogP contribution >= 0.6 is 22.7 Å². The lowest BCUT2D eigenvalue weighted by Gasteiger charge is -2.35. The van der Waals surface area contributed by atoms with Crippen LogP contribution in [0.1, 0.15) is 13.3 Å². The Morgan fingerprint density at radius 2 is 1.22 bits per heavy atom. The molecule has 19 heteroatoms. The number of rotatable bonds is 9. The third-order valence-electron chi connectivity index (χ3n) is 7.07. The summed E-state index contributed by atoms with van der Waals surface area (Å²) in [5.41, 5.74) is 0. The molecule has 0 radical (unpaired) electrons. The van der Waals surface area contributed by atoms with Crippen molar-refractivity contribution >= 4 is 70.5 Å². The highest BCUT2D eigenvalue weighted by Gasteiger charge is 2.22. The predicted octanol–water partition coefficient (Wildman–Crippen LogP) is 2.15. The standard InChI is InChI=1S/C15H19N5O3S2.C12H15N5O2S2/c1-2-14(21)20-8-6-19(7-9-20)13-4-3-12(11-17-13)25(22,23)18-15-16-5-10-24-15;18-21(19,16-12-14-5-8-20-12)10-1-2-11(15-9-10)17-6-3-13-4-7-17/h3-5,10-11H,2,6-9H2,1H3,(H,16,18);1-2,5,8-9,13H,3-4,6-7H2,(H,14,16). The average molecular weight is 707 g/mol. The van der Waals surface area contributed by atoms with E-state index in [1.54, 1.807) is 35.2 Å². The van der Waals surface area contributed by atoms with Crippen LogP contribution in [-0.2, 0) is 24.8 Å². The van der Waals surface area contributed by atoms with Crippen LogP contribution in [0, 0.1) is 0 Å². The van der Waals surface area contributed by atoms with E-state index in [9.17, 15) is 21.6 Å². The molecule has 0 aromatic carbocycles. The molecule has 2 aliphatic heterocycles. The zero-order valence-corrected chi connectivity index (χ0v) is 28.2. The Bertz CT molecular complexity index is 1760. The largest absolute Gasteiger partial charge is 0.354 e. The number of nitrogens with zero attached hydrogens (tertiary/aromatic N) is 7. The Hall–Kier alpha value is -3.91. The quantitative estimate of drug-likeness (QED) is 0.231. The molecular formula is C27H34N10O5S4. The van der Waals surface area contributed by atoms with Gasteiger partial charge in [0.1, 0.15) is 21.4 Å². The van der Waals surface area contributed by atoms with Gasteiger partial charge in [0.25, 0.3) is 20.0 Å². The van der Waals surface area contributed by atoms with Gasteiger partial charge in [-0.3, -0.25) is 14.2 Å². The van der Waals surface area contributed by atoms with E-state index >= 15 is 0 Å². The maximum Gasteiger partial charge on any atom is 0.265 e. The Balaban J connectivity index is 0.000000184. The summed E-state index contributed by atoms with van der Waals surface area (Å²) >= 11 is 2.45. The third kappa shape index (κ3) is 8.66. The molecule has 246 valence electrons. The third-order valence-corrected chi connectivity index (χ3v) is 11.4. The van der Waals surface area contributed by atoms with Crippen LogP contribution in [0.4, 0.5) is 21.9 Å². The van der Waals surface area contributed by atoms with E-state index in [1.165, 1.54) is 47.3 Å². The minimum absolute atomic E-state index is 0.0891. The number of hydrogen-bond acceptors (Lipinski definition) is 14. The number of sulfonamides is 2. The maximum atomic E-state index is 12.3. The average Bonchev–Trinajstić information content (AvgIpc) is 3.79. The lowest BCUT2D eigenvalue weighted by Crippen LogP contribution is -2.48. The van der Waals surface area contributed by atoms with Crippen molar-refractivity contribution in [3.8, 4) is 0 Å². The molecule has 2 fully saturated rings. The second-order valence-electron chi connectivity index (χ2n) is 10.0. The molecule has 0 aliphatic carbocycles. The zero-order valence-electron chi connectivity index (χ0n) is 24.9. The first kappa shape index (κ1) is 33.5. The molecule has 4 aromatic rings. The van der Waals surface area contributed by atoms with E-state index in [2.05, 4.69) is 39.6 Å². The fourth-order valence-electron chi connectivity index (χ4n) is 4.63. The molecule has 0 spiro atoms. The molecule has 6 heterocycles. The number of amides is 1. The molecule has 4 aromatic heterocycles. The summed E-state index contributed by atoms with van der Waals surface area (Å²) in [5.74, 6) is 1.66. The molecular weight excluding hydrogens is 673 g/mol. The van der Waals surface area contributed by atoms with Gasteiger partial charge in [0.15, 0.2) is 10.3 Å². The van der Waals surface area contributed by atoms with E-state index in [0.29, 0.717) is 48.7 Å². The molecule has 1 amide bonds. The predicted molar refractivity (Wildman–Crippen MR) is 178 cm³/mol. The van der Waals surface area contributed by atoms with Crippen LogP contribution in [0.3, 0.4) is 0 Å². The van der Waals surface area contributed by atoms with Gasteiger partial charge in [-0.2, -0.15) is 0 Å². The zero-order chi connectivity index (χ0) is 32.6. The molecule has 0 unspecified atom stereocenters. The van der Waals surface area contributed by atoms with Crippen molar-refractivity contribution in [3.05, 3.63) is 59.8 Å². The van der Waals surface area contributed by atoms with Gasteiger partial charge in [0.05, 0.1) is 0 Å². The van der Waals surface area contributed by atoms with Gasteiger partial charge in [0.2, 0.25) is 5.91 Å². The van der Waals surface area contributed by atoms with E-state index in [4.69, 9.17) is 0 Å². The van der Waals surface area contributed by atoms with Gasteiger partial charge < -0.3 is 20.0 Å². The fourth-order valence-corrected chi connectivity index (χ4v) is 8.10. The van der Waals surface area contributed by atoms with Gasteiger partial charge in [-0.05, 0) is 24.3 Å². The Morgan fingerprint density at radius 3 is 1.61 bits per heavy atom. The highest BCUT2D eigenvalue weighted by Crippen LogP contribution is 2.21. The van der Waals surface area contributed by atoms with Gasteiger partial charge >= 0.3 is 0 Å². The molecule has 6 rings (SSSR count). The van der Waals surface area contributed by atoms with Crippen LogP contribution in [0.25, 0.3) is 0 Å². The van der Waals surface area contributed by atoms with E-state index in [0.717, 1.165) is 32.0 Å². The summed E-state index contributed by atoms with van der Waals surface area (Å²) in [5, 5.41) is 7.34. The molecule has 0 saturated carbocycles. The first-order valence-electron chi connectivity index (χ1n) is 14.4. The molecule has 0 bridgehead atoms. The lowest BCUT2D eigenvalue weighted by atomic mass is 10.3. The molecule has 2 aliphatic rings. The number of piperazine rings is 2. The highest BCUT2D eigenvalue weighted by atomic mass is 32.2. The molecule has 46 heavy (non-hydrogen) atoms. The summed E-state index contributed by atoms with van der Waals surface area (Å²) in [6.07, 6.45) is 6.32. The number of thiazole rings is 2. The van der Waals surface area contributed by atoms with Crippen molar-refractivity contribution in [3.63, 3.8) is 0 Å². The lowest BCUT2D eigenvalue weighted by molar-refractivity contribution is -0.131. The number of carbonyl (C=O) groups excluding carboxylic acids is 1. The first-order chi connectivity index (χ1) is 22.1. The number of aromatic nitrogens is 4. The second kappa shape index (κ2) is 15.1. The van der Waals surface area contributed by atoms with Crippen molar-refractivity contribution in [2.75, 3.05) is 71.6 Å². The SMILES string of the molecule is CCC(=O)N1CCN(c2ccc(S(=O)(=O)Nc3nccs3)cn2)CC1.O=S(=O)(Nc1nccs1)c1ccc(N2CCNCC2)nc1. The van der Waals surface area contributed by atoms with Gasteiger partial charge in [-0.1, -0.05) is 6.92 Å². The Labute approximate surface area is 275 Å². The van der Waals surface area contributed by atoms with Crippen LogP contribution in [-0.4, -0.2) is 99.9 Å². The number of anilines is 4. The Morgan fingerprint density at radius 1 is 0.739 bits per heavy atom. The summed E-state index contributed by atoms with van der Waals surface area (Å²) in [4.78, 5) is 34.3. The van der Waals surface area contributed by atoms with Crippen LogP contribution in [0.15, 0.2) is 69.6 Å². The highest BCUT2D eigenvalue weighted by molar-refractivity contribution is 7.93. The van der Waals surface area contributed by atoms with Crippen LogP contribution < -0.4 is 24.6 Å². The van der Waals surface area contributed by atoms with Gasteiger partial charge in [-0.15, -0.1) is 22.7 Å². The van der Waals surface area contributed by atoms with Crippen molar-refractivity contribution in [2.45, 2.75) is 23.1 Å². The molecule has 2 saturated heterocycles. The first-order valence-corrected chi connectivity index (χ1v) is 19.1. The van der Waals surface area contributed by atoms with Crippen molar-refractivity contribution < 1.29 is 21.6 Å². The summed E-state index contributed by atoms with van der Waals surface area (Å²) in [7, 11) is -7.32. The summed E-state index contributed by atoms with van der Waals surface area (Å²) in [6, 6.07) is 6.53. The van der Waals surface area contributed by atoms with Gasteiger partial charge in [0, 0.05) is 94.3 Å². The number of pyridine rings is 2. The normalized spacial score (nSPS) is 15.5. The molecule has 15 nitrogen and oxygen atoms in total. The van der Waals surface area contributed by atoms with Crippen molar-refractivity contribution in [1.82, 2.24) is 30.2 Å². The summed E-state index contributed by atoms with van der Waals surface area (Å²) < 4.78 is 53.8. The second-order valence-corrected chi connectivity index (χ2v) is 15.2. The topological polar surface area (TPSA) is 183 Å². The van der Waals surface area contributed by atoms with Crippen molar-refractivity contribution in [2.24, 2.45) is 0 Å². The number of carbonyl (C=O) groups is 1. The monoisotopic (exact) mass is 706 g/mol. The smallest absolute Gasteiger partial charge is 0.265 e. The molecule has 3 N–H and O–H groups in total. The van der Waals surface area contributed by atoms with E-state index < -0.39 is 20.0 Å². The molecule has 0 atom stereocenters. The van der Waals surface area contributed by atoms with Crippen LogP contribution in [0.2, 0.25) is 0 Å². The Kier molecular flexibility index (Phi) is 11.0. The van der Waals surface area contributed by atoms with Crippen molar-refractivity contribution in [1.29, 1.82) is 0 Å². The minimum Gasteiger partial charge on any atom is -0.354 e. The maximum absolute atomic E-state index is 12.3. The van der Waals surface area contributed by atoms with E-state index in [1.807, 2.05) is 16.7 Å². The number of hydrogen-bond donors (Lipinski definition) is 3. The number of nitrogens with one attached hydrogen (secondary N) is 3. The van der Waals surface area contributed by atoms with E-state index in [-0.39, 0.29) is 15.7 Å². The fraction of sp³-hybridized carbons (Fsp3) is 0.370. The van der Waals surface area contributed by atoms with Gasteiger partial charge in [-0.25, -0.2) is 36.8 Å². The minimum atomic E-state index is -3.69. The summed E-state index contributed by atoms with van der Waals surface area (Å²) in [6.45, 7) is 8.09. The van der Waals surface area contributed by atoms with Crippen LogP contribution in [0.5, 0.6) is 0 Å².